The number of para-hydroxylation sites is 1. The Morgan fingerprint density at radius 2 is 1.22 bits per heavy atom. The van der Waals surface area contributed by atoms with Crippen LogP contribution in [0.2, 0.25) is 0 Å². The zero-order valence-electron chi connectivity index (χ0n) is 29.2. The standard InChI is InChI=1S/C36H44N10O8/c37-25-5-2-1-4-24(25)31(50)41-18-29-35(54)45-27(16-20-7-11-22(47)12-8-20)32(51)42-19-30(49)43-28(17-21-9-13-23(48)14-10-21)34(53)44-26(33(52)46-29)6-3-15-40-36(38)39/h1-2,4-5,7-14,26-29,47-48H,3,6,15-19,37H2,(H,41,50)(H,42,51)(H,43,49)(H,44,53)(H,45,54)(H,46,52)(H4,38,39,40)/t26-,27-,28-,29-/m0/s1. The van der Waals surface area contributed by atoms with Crippen molar-refractivity contribution < 1.29 is 39.0 Å². The molecule has 54 heavy (non-hydrogen) atoms. The van der Waals surface area contributed by atoms with Crippen LogP contribution in [0.5, 0.6) is 11.5 Å². The number of guanidine groups is 1. The maximum atomic E-state index is 13.9. The number of amides is 6. The zero-order valence-corrected chi connectivity index (χ0v) is 29.2. The van der Waals surface area contributed by atoms with Gasteiger partial charge in [0.15, 0.2) is 5.96 Å². The number of nitrogens with one attached hydrogen (secondary N) is 6. The Morgan fingerprint density at radius 1 is 0.704 bits per heavy atom. The van der Waals surface area contributed by atoms with Gasteiger partial charge in [-0.05, 0) is 60.4 Å². The summed E-state index contributed by atoms with van der Waals surface area (Å²) in [6.07, 6.45) is 0.0389. The number of phenolic OH excluding ortho intramolecular Hbond substituents is 2. The van der Waals surface area contributed by atoms with Crippen LogP contribution in [0.4, 0.5) is 5.69 Å². The highest BCUT2D eigenvalue weighted by Crippen LogP contribution is 2.14. The Morgan fingerprint density at radius 3 is 1.81 bits per heavy atom. The van der Waals surface area contributed by atoms with Crippen molar-refractivity contribution in [1.29, 1.82) is 0 Å². The molecular weight excluding hydrogens is 700 g/mol. The van der Waals surface area contributed by atoms with E-state index >= 15 is 0 Å². The van der Waals surface area contributed by atoms with Gasteiger partial charge in [0.1, 0.15) is 35.7 Å². The number of aromatic hydroxyl groups is 2. The summed E-state index contributed by atoms with van der Waals surface area (Å²) in [6, 6.07) is 12.7. The minimum Gasteiger partial charge on any atom is -0.508 e. The van der Waals surface area contributed by atoms with E-state index in [9.17, 15) is 39.0 Å². The smallest absolute Gasteiger partial charge is 0.253 e. The van der Waals surface area contributed by atoms with E-state index < -0.39 is 72.7 Å². The quantitative estimate of drug-likeness (QED) is 0.0442. The summed E-state index contributed by atoms with van der Waals surface area (Å²) < 4.78 is 0. The van der Waals surface area contributed by atoms with Crippen molar-refractivity contribution in [2.75, 3.05) is 25.4 Å². The van der Waals surface area contributed by atoms with Crippen LogP contribution in [-0.2, 0) is 36.8 Å². The largest absolute Gasteiger partial charge is 0.508 e. The Kier molecular flexibility index (Phi) is 14.1. The number of hydrogen-bond donors (Lipinski definition) is 11. The van der Waals surface area contributed by atoms with Crippen molar-refractivity contribution in [3.63, 3.8) is 0 Å². The average Bonchev–Trinajstić information content (AvgIpc) is 3.14. The summed E-state index contributed by atoms with van der Waals surface area (Å²) in [4.78, 5) is 85.3. The molecule has 14 N–H and O–H groups in total. The van der Waals surface area contributed by atoms with E-state index in [4.69, 9.17) is 17.2 Å². The summed E-state index contributed by atoms with van der Waals surface area (Å²) in [5, 5.41) is 35.0. The number of aliphatic imine (C=N–C) groups is 1. The van der Waals surface area contributed by atoms with Crippen molar-refractivity contribution >= 4 is 47.1 Å². The first-order valence-corrected chi connectivity index (χ1v) is 17.0. The number of phenols is 2. The molecule has 4 rings (SSSR count). The lowest BCUT2D eigenvalue weighted by Gasteiger charge is -2.26. The highest BCUT2D eigenvalue weighted by Gasteiger charge is 2.33. The number of rotatable bonds is 11. The molecule has 1 heterocycles. The molecule has 0 bridgehead atoms. The molecule has 18 heteroatoms. The fourth-order valence-electron chi connectivity index (χ4n) is 5.48. The van der Waals surface area contributed by atoms with Crippen LogP contribution in [0.15, 0.2) is 77.8 Å². The molecule has 1 aliphatic heterocycles. The maximum absolute atomic E-state index is 13.9. The highest BCUT2D eigenvalue weighted by molar-refractivity contribution is 6.00. The molecule has 0 unspecified atom stereocenters. The van der Waals surface area contributed by atoms with Gasteiger partial charge >= 0.3 is 0 Å². The van der Waals surface area contributed by atoms with E-state index in [1.54, 1.807) is 36.4 Å². The van der Waals surface area contributed by atoms with Crippen LogP contribution in [0, 0.1) is 0 Å². The van der Waals surface area contributed by atoms with Crippen molar-refractivity contribution in [1.82, 2.24) is 31.9 Å². The van der Waals surface area contributed by atoms with E-state index in [0.29, 0.717) is 11.1 Å². The predicted octanol–water partition coefficient (Wildman–Crippen LogP) is -1.98. The second-order valence-corrected chi connectivity index (χ2v) is 12.5. The van der Waals surface area contributed by atoms with Gasteiger partial charge in [0.2, 0.25) is 29.5 Å². The number of benzene rings is 3. The lowest BCUT2D eigenvalue weighted by molar-refractivity contribution is -0.134. The number of nitrogens with two attached hydrogens (primary N) is 3. The molecule has 0 aromatic heterocycles. The van der Waals surface area contributed by atoms with Gasteiger partial charge < -0.3 is 59.3 Å². The number of nitrogens with zero attached hydrogens (tertiary/aromatic N) is 1. The predicted molar refractivity (Wildman–Crippen MR) is 197 cm³/mol. The fourth-order valence-corrected chi connectivity index (χ4v) is 5.48. The zero-order chi connectivity index (χ0) is 39.2. The van der Waals surface area contributed by atoms with Crippen LogP contribution in [0.25, 0.3) is 0 Å². The molecule has 18 nitrogen and oxygen atoms in total. The molecule has 3 aromatic rings. The first-order chi connectivity index (χ1) is 25.8. The van der Waals surface area contributed by atoms with E-state index in [1.807, 2.05) is 0 Å². The molecule has 0 aliphatic carbocycles. The maximum Gasteiger partial charge on any atom is 0.253 e. The van der Waals surface area contributed by atoms with Gasteiger partial charge in [0.25, 0.3) is 5.91 Å². The molecule has 286 valence electrons. The molecule has 4 atom stereocenters. The first-order valence-electron chi connectivity index (χ1n) is 17.0. The molecule has 1 aliphatic rings. The molecule has 6 amide bonds. The molecule has 3 aromatic carbocycles. The number of carbonyl (C=O) groups is 6. The second kappa shape index (κ2) is 19.1. The Balaban J connectivity index is 1.69. The van der Waals surface area contributed by atoms with Gasteiger partial charge in [-0.3, -0.25) is 33.8 Å². The topological polar surface area (TPSA) is 305 Å². The number of anilines is 1. The third-order valence-electron chi connectivity index (χ3n) is 8.34. The Hall–Kier alpha value is -6.85. The number of carbonyl (C=O) groups excluding carboxylic acids is 6. The monoisotopic (exact) mass is 744 g/mol. The van der Waals surface area contributed by atoms with E-state index in [-0.39, 0.29) is 60.9 Å². The summed E-state index contributed by atoms with van der Waals surface area (Å²) in [7, 11) is 0. The first kappa shape index (κ1) is 39.9. The number of nitrogen functional groups attached to an aromatic ring is 1. The Labute approximate surface area is 310 Å². The number of hydrogen-bond acceptors (Lipinski definition) is 10. The third-order valence-corrected chi connectivity index (χ3v) is 8.34. The van der Waals surface area contributed by atoms with Gasteiger partial charge in [-0.2, -0.15) is 0 Å². The lowest BCUT2D eigenvalue weighted by Crippen LogP contribution is -2.60. The van der Waals surface area contributed by atoms with Gasteiger partial charge in [-0.1, -0.05) is 36.4 Å². The van der Waals surface area contributed by atoms with Crippen LogP contribution in [0.1, 0.15) is 34.3 Å². The molecule has 1 saturated heterocycles. The van der Waals surface area contributed by atoms with Gasteiger partial charge in [-0.15, -0.1) is 0 Å². The van der Waals surface area contributed by atoms with Crippen LogP contribution < -0.4 is 49.1 Å². The average molecular weight is 745 g/mol. The van der Waals surface area contributed by atoms with Gasteiger partial charge in [0, 0.05) is 31.6 Å². The van der Waals surface area contributed by atoms with Crippen molar-refractivity contribution in [3.05, 3.63) is 89.5 Å². The second-order valence-electron chi connectivity index (χ2n) is 12.5. The van der Waals surface area contributed by atoms with Crippen LogP contribution in [-0.4, -0.2) is 95.4 Å². The highest BCUT2D eigenvalue weighted by atomic mass is 16.3. The molecule has 1 fully saturated rings. The van der Waals surface area contributed by atoms with Gasteiger partial charge in [-0.25, -0.2) is 0 Å². The molecule has 0 saturated carbocycles. The summed E-state index contributed by atoms with van der Waals surface area (Å²) in [6.45, 7) is -0.950. The van der Waals surface area contributed by atoms with E-state index in [1.165, 1.54) is 36.4 Å². The van der Waals surface area contributed by atoms with Gasteiger partial charge in [0.05, 0.1) is 12.1 Å². The SMILES string of the molecule is NC(N)=NCCC[C@@H]1NC(=O)[C@H](Cc2ccc(O)cc2)NC(=O)CNC(=O)[C@H](Cc2ccc(O)cc2)NC(=O)[C@H](CNC(=O)c2ccccc2N)NC1=O. The molecular formula is C36H44N10O8. The summed E-state index contributed by atoms with van der Waals surface area (Å²) >= 11 is 0. The van der Waals surface area contributed by atoms with Crippen molar-refractivity contribution in [2.24, 2.45) is 16.5 Å². The van der Waals surface area contributed by atoms with E-state index in [2.05, 4.69) is 36.9 Å². The van der Waals surface area contributed by atoms with E-state index in [0.717, 1.165) is 0 Å². The summed E-state index contributed by atoms with van der Waals surface area (Å²) in [5.74, 6) is -4.86. The lowest BCUT2D eigenvalue weighted by atomic mass is 10.0. The summed E-state index contributed by atoms with van der Waals surface area (Å²) in [5.41, 5.74) is 18.2. The van der Waals surface area contributed by atoms with Crippen molar-refractivity contribution in [3.8, 4) is 11.5 Å². The van der Waals surface area contributed by atoms with Crippen LogP contribution in [0.3, 0.4) is 0 Å². The molecule has 0 spiro atoms. The minimum atomic E-state index is -1.49. The van der Waals surface area contributed by atoms with Crippen molar-refractivity contribution in [2.45, 2.75) is 49.9 Å². The normalized spacial score (nSPS) is 19.7. The fraction of sp³-hybridized carbons (Fsp3) is 0.306. The molecule has 0 radical (unpaired) electrons. The van der Waals surface area contributed by atoms with Crippen LogP contribution >= 0.6 is 0 Å². The third kappa shape index (κ3) is 12.1. The minimum absolute atomic E-state index is 0.0149. The Bertz CT molecular complexity index is 1850.